The zero-order valence-electron chi connectivity index (χ0n) is 17.9. The summed E-state index contributed by atoms with van der Waals surface area (Å²) in [6.45, 7) is 0. The summed E-state index contributed by atoms with van der Waals surface area (Å²) >= 11 is 0. The third kappa shape index (κ3) is 2.54. The molecule has 2 atom stereocenters. The Hall–Kier alpha value is -3.72. The highest BCUT2D eigenvalue weighted by molar-refractivity contribution is 5.90. The fourth-order valence-corrected chi connectivity index (χ4v) is 6.04. The highest BCUT2D eigenvalue weighted by Crippen LogP contribution is 2.48. The highest BCUT2D eigenvalue weighted by Gasteiger charge is 2.32. The van der Waals surface area contributed by atoms with Crippen LogP contribution in [0.4, 0.5) is 0 Å². The van der Waals surface area contributed by atoms with E-state index in [1.165, 1.54) is 61.5 Å². The zero-order chi connectivity index (χ0) is 21.1. The second-order valence-corrected chi connectivity index (χ2v) is 9.11. The van der Waals surface area contributed by atoms with Crippen molar-refractivity contribution in [2.75, 3.05) is 0 Å². The molecule has 0 bridgehead atoms. The van der Waals surface area contributed by atoms with Crippen molar-refractivity contribution in [1.29, 1.82) is 0 Å². The summed E-state index contributed by atoms with van der Waals surface area (Å²) in [6.07, 6.45) is 7.99. The normalized spacial score (nSPS) is 18.9. The van der Waals surface area contributed by atoms with Gasteiger partial charge in [0.05, 0.1) is 0 Å². The van der Waals surface area contributed by atoms with Crippen LogP contribution in [0.5, 0.6) is 0 Å². The number of rotatable bonds is 2. The van der Waals surface area contributed by atoms with Crippen LogP contribution in [-0.4, -0.2) is 15.0 Å². The first kappa shape index (κ1) is 17.9. The predicted molar refractivity (Wildman–Crippen MR) is 132 cm³/mol. The quantitative estimate of drug-likeness (QED) is 0.244. The second kappa shape index (κ2) is 6.89. The van der Waals surface area contributed by atoms with Crippen LogP contribution in [0.2, 0.25) is 0 Å². The first-order valence-electron chi connectivity index (χ1n) is 11.6. The van der Waals surface area contributed by atoms with Gasteiger partial charge in [0.2, 0.25) is 0 Å². The van der Waals surface area contributed by atoms with Crippen molar-refractivity contribution in [2.45, 2.75) is 31.1 Å². The smallest absolute Gasteiger partial charge is 0.0459 e. The van der Waals surface area contributed by atoms with Crippen molar-refractivity contribution in [2.24, 2.45) is 0 Å². The molecule has 3 aromatic carbocycles. The number of aromatic amines is 3. The summed E-state index contributed by atoms with van der Waals surface area (Å²) in [4.78, 5) is 10.9. The van der Waals surface area contributed by atoms with Crippen molar-refractivity contribution >= 4 is 32.7 Å². The SMILES string of the molecule is c1ccc2c([C@@H]3CCC[C@@H](c4c[nH]c5ccccc45)c4c3[nH]c3ccccc43)c[nH]c2c1. The van der Waals surface area contributed by atoms with Crippen molar-refractivity contribution in [1.82, 2.24) is 15.0 Å². The summed E-state index contributed by atoms with van der Waals surface area (Å²) in [6, 6.07) is 26.2. The molecule has 0 unspecified atom stereocenters. The molecule has 3 aromatic heterocycles. The van der Waals surface area contributed by atoms with Gasteiger partial charge < -0.3 is 15.0 Å². The Morgan fingerprint density at radius 2 is 1.09 bits per heavy atom. The molecule has 3 heteroatoms. The van der Waals surface area contributed by atoms with E-state index in [4.69, 9.17) is 0 Å². The van der Waals surface area contributed by atoms with Crippen molar-refractivity contribution in [3.63, 3.8) is 0 Å². The topological polar surface area (TPSA) is 47.4 Å². The number of benzene rings is 3. The fourth-order valence-electron chi connectivity index (χ4n) is 6.04. The van der Waals surface area contributed by atoms with Crippen LogP contribution in [0.1, 0.15) is 53.5 Å². The van der Waals surface area contributed by atoms with Gasteiger partial charge in [0.1, 0.15) is 0 Å². The van der Waals surface area contributed by atoms with Crippen molar-refractivity contribution in [3.8, 4) is 0 Å². The Labute approximate surface area is 186 Å². The molecule has 3 N–H and O–H groups in total. The van der Waals surface area contributed by atoms with E-state index in [1.54, 1.807) is 0 Å². The molecule has 0 amide bonds. The van der Waals surface area contributed by atoms with E-state index in [9.17, 15) is 0 Å². The molecule has 32 heavy (non-hydrogen) atoms. The average molecular weight is 416 g/mol. The summed E-state index contributed by atoms with van der Waals surface area (Å²) in [5.41, 5.74) is 9.40. The number of aromatic nitrogens is 3. The molecule has 0 saturated heterocycles. The van der Waals surface area contributed by atoms with Crippen LogP contribution >= 0.6 is 0 Å². The van der Waals surface area contributed by atoms with Gasteiger partial charge in [-0.3, -0.25) is 0 Å². The maximum absolute atomic E-state index is 3.88. The van der Waals surface area contributed by atoms with E-state index in [1.807, 2.05) is 0 Å². The maximum Gasteiger partial charge on any atom is 0.0459 e. The number of H-pyrrole nitrogens is 3. The summed E-state index contributed by atoms with van der Waals surface area (Å²) in [7, 11) is 0. The van der Waals surface area contributed by atoms with Gasteiger partial charge in [0.25, 0.3) is 0 Å². The van der Waals surface area contributed by atoms with Gasteiger partial charge >= 0.3 is 0 Å². The molecule has 0 fully saturated rings. The molecular formula is C29H25N3. The van der Waals surface area contributed by atoms with Gasteiger partial charge in [0, 0.05) is 62.6 Å². The van der Waals surface area contributed by atoms with E-state index in [2.05, 4.69) is 100 Å². The molecule has 3 heterocycles. The predicted octanol–water partition coefficient (Wildman–Crippen LogP) is 7.58. The summed E-state index contributed by atoms with van der Waals surface area (Å²) in [5, 5.41) is 4.05. The number of nitrogens with one attached hydrogen (secondary N) is 3. The van der Waals surface area contributed by atoms with Crippen LogP contribution in [0.25, 0.3) is 32.7 Å². The molecule has 0 radical (unpaired) electrons. The fraction of sp³-hybridized carbons (Fsp3) is 0.172. The van der Waals surface area contributed by atoms with Gasteiger partial charge in [-0.15, -0.1) is 0 Å². The van der Waals surface area contributed by atoms with Crippen LogP contribution in [-0.2, 0) is 0 Å². The lowest BCUT2D eigenvalue weighted by Gasteiger charge is -2.18. The molecule has 6 aromatic rings. The second-order valence-electron chi connectivity index (χ2n) is 9.11. The monoisotopic (exact) mass is 415 g/mol. The minimum absolute atomic E-state index is 0.365. The third-order valence-electron chi connectivity index (χ3n) is 7.45. The number of hydrogen-bond donors (Lipinski definition) is 3. The van der Waals surface area contributed by atoms with Gasteiger partial charge in [-0.1, -0.05) is 61.0 Å². The minimum atomic E-state index is 0.365. The van der Waals surface area contributed by atoms with Gasteiger partial charge in [-0.25, -0.2) is 0 Å². The average Bonchev–Trinajstić information content (AvgIpc) is 3.53. The standard InChI is InChI=1S/C29H25N3/c1-4-13-25-18(8-1)23(16-30-25)20-11-7-12-21(24-17-31-26-14-5-2-9-19(24)26)29-28(20)22-10-3-6-15-27(22)32-29/h1-6,8-10,13-17,20-21,30-32H,7,11-12H2/t20-,21-/m0/s1. The lowest BCUT2D eigenvalue weighted by atomic mass is 9.85. The Morgan fingerprint density at radius 1 is 0.562 bits per heavy atom. The molecule has 1 aliphatic carbocycles. The van der Waals surface area contributed by atoms with Crippen LogP contribution in [0, 0.1) is 0 Å². The number of hydrogen-bond acceptors (Lipinski definition) is 0. The minimum Gasteiger partial charge on any atom is -0.361 e. The van der Waals surface area contributed by atoms with E-state index >= 15 is 0 Å². The first-order chi connectivity index (χ1) is 15.9. The zero-order valence-corrected chi connectivity index (χ0v) is 17.9. The lowest BCUT2D eigenvalue weighted by molar-refractivity contribution is 0.628. The third-order valence-corrected chi connectivity index (χ3v) is 7.45. The van der Waals surface area contributed by atoms with Crippen LogP contribution < -0.4 is 0 Å². The first-order valence-corrected chi connectivity index (χ1v) is 11.6. The van der Waals surface area contributed by atoms with Gasteiger partial charge in [-0.2, -0.15) is 0 Å². The maximum atomic E-state index is 3.88. The van der Waals surface area contributed by atoms with E-state index in [0.29, 0.717) is 11.8 Å². The molecular weight excluding hydrogens is 390 g/mol. The molecule has 156 valence electrons. The van der Waals surface area contributed by atoms with E-state index < -0.39 is 0 Å². The molecule has 7 rings (SSSR count). The van der Waals surface area contributed by atoms with Crippen molar-refractivity contribution < 1.29 is 0 Å². The molecule has 0 aliphatic heterocycles. The van der Waals surface area contributed by atoms with Crippen LogP contribution in [0.3, 0.4) is 0 Å². The Bertz CT molecular complexity index is 1580. The summed E-state index contributed by atoms with van der Waals surface area (Å²) < 4.78 is 0. The molecule has 0 saturated carbocycles. The molecule has 3 nitrogen and oxygen atoms in total. The highest BCUT2D eigenvalue weighted by atomic mass is 14.8. The molecule has 1 aliphatic rings. The largest absolute Gasteiger partial charge is 0.361 e. The molecule has 0 spiro atoms. The number of para-hydroxylation sites is 3. The van der Waals surface area contributed by atoms with Gasteiger partial charge in [-0.05, 0) is 47.7 Å². The summed E-state index contributed by atoms with van der Waals surface area (Å²) in [5.74, 6) is 0.747. The van der Waals surface area contributed by atoms with Crippen LogP contribution in [0.15, 0.2) is 85.2 Å². The van der Waals surface area contributed by atoms with E-state index in [0.717, 1.165) is 12.8 Å². The Kier molecular flexibility index (Phi) is 3.86. The Balaban J connectivity index is 1.49. The number of fused-ring (bicyclic) bond motifs is 5. The van der Waals surface area contributed by atoms with E-state index in [-0.39, 0.29) is 0 Å². The lowest BCUT2D eigenvalue weighted by Crippen LogP contribution is -2.04. The van der Waals surface area contributed by atoms with Gasteiger partial charge in [0.15, 0.2) is 0 Å². The Morgan fingerprint density at radius 3 is 1.78 bits per heavy atom. The van der Waals surface area contributed by atoms with Crippen molar-refractivity contribution in [3.05, 3.63) is 108 Å².